The van der Waals surface area contributed by atoms with Gasteiger partial charge in [-0.1, -0.05) is 45.9 Å². The molecule has 1 rings (SSSR count). The molecule has 0 aliphatic heterocycles. The van der Waals surface area contributed by atoms with Crippen molar-refractivity contribution in [2.24, 2.45) is 17.8 Å². The van der Waals surface area contributed by atoms with E-state index < -0.39 is 0 Å². The van der Waals surface area contributed by atoms with E-state index in [0.29, 0.717) is 11.8 Å². The molecule has 1 amide bonds. The summed E-state index contributed by atoms with van der Waals surface area (Å²) in [6.45, 7) is 8.23. The highest BCUT2D eigenvalue weighted by Crippen LogP contribution is 2.26. The molecule has 0 saturated carbocycles. The van der Waals surface area contributed by atoms with Crippen molar-refractivity contribution in [1.82, 2.24) is 0 Å². The summed E-state index contributed by atoms with van der Waals surface area (Å²) in [4.78, 5) is 12.1. The van der Waals surface area contributed by atoms with Gasteiger partial charge in [-0.3, -0.25) is 4.79 Å². The van der Waals surface area contributed by atoms with E-state index in [4.69, 9.17) is 11.6 Å². The molecule has 1 N–H and O–H groups in total. The Bertz CT molecular complexity index is 377. The molecule has 18 heavy (non-hydrogen) atoms. The maximum atomic E-state index is 12.1. The summed E-state index contributed by atoms with van der Waals surface area (Å²) >= 11 is 6.38. The second-order valence-corrected chi connectivity index (χ2v) is 5.70. The monoisotopic (exact) mass is 267 g/mol. The summed E-state index contributed by atoms with van der Waals surface area (Å²) in [5.74, 6) is 0.556. The first kappa shape index (κ1) is 15.0. The molecule has 0 aromatic heterocycles. The molecule has 0 aliphatic carbocycles. The van der Waals surface area contributed by atoms with Crippen molar-refractivity contribution in [1.29, 1.82) is 0 Å². The highest BCUT2D eigenvalue weighted by Gasteiger charge is 2.28. The zero-order chi connectivity index (χ0) is 13.7. The van der Waals surface area contributed by atoms with Crippen molar-refractivity contribution >= 4 is 23.2 Å². The predicted octanol–water partition coefficient (Wildman–Crippen LogP) is 4.16. The van der Waals surface area contributed by atoms with Gasteiger partial charge in [0.25, 0.3) is 0 Å². The Morgan fingerprint density at radius 1 is 1.11 bits per heavy atom. The molecule has 0 saturated heterocycles. The van der Waals surface area contributed by atoms with Crippen LogP contribution in [0.5, 0.6) is 0 Å². The van der Waals surface area contributed by atoms with E-state index in [-0.39, 0.29) is 17.2 Å². The molecule has 3 atom stereocenters. The molecular formula is C15H22ClNO. The number of para-hydroxylation sites is 1. The minimum Gasteiger partial charge on any atom is -0.326 e. The molecule has 0 heterocycles. The minimum absolute atomic E-state index is 0.0197. The van der Waals surface area contributed by atoms with Crippen molar-refractivity contribution in [3.8, 4) is 0 Å². The summed E-state index contributed by atoms with van der Waals surface area (Å²) in [5, 5.41) is 2.75. The summed E-state index contributed by atoms with van der Waals surface area (Å²) in [5.41, 5.74) is 0.815. The second kappa shape index (κ2) is 6.79. The normalized spacial score (nSPS) is 16.1. The fourth-order valence-electron chi connectivity index (χ4n) is 1.75. The molecule has 1 aromatic rings. The summed E-state index contributed by atoms with van der Waals surface area (Å²) in [6.07, 6.45) is 0. The van der Waals surface area contributed by atoms with Crippen LogP contribution in [0.1, 0.15) is 27.7 Å². The third kappa shape index (κ3) is 4.02. The van der Waals surface area contributed by atoms with Gasteiger partial charge in [-0.15, -0.1) is 11.6 Å². The third-order valence-electron chi connectivity index (χ3n) is 3.49. The van der Waals surface area contributed by atoms with Gasteiger partial charge in [0.05, 0.1) is 5.92 Å². The van der Waals surface area contributed by atoms with E-state index in [1.165, 1.54) is 0 Å². The largest absolute Gasteiger partial charge is 0.326 e. The molecule has 0 bridgehead atoms. The van der Waals surface area contributed by atoms with Gasteiger partial charge in [-0.05, 0) is 24.0 Å². The molecule has 0 spiro atoms. The van der Waals surface area contributed by atoms with Gasteiger partial charge in [0.2, 0.25) is 5.91 Å². The number of anilines is 1. The number of nitrogens with one attached hydrogen (secondary N) is 1. The van der Waals surface area contributed by atoms with Crippen LogP contribution in [0.4, 0.5) is 5.69 Å². The number of alkyl halides is 1. The van der Waals surface area contributed by atoms with Gasteiger partial charge >= 0.3 is 0 Å². The second-order valence-electron chi connectivity index (χ2n) is 5.19. The first-order chi connectivity index (χ1) is 8.43. The maximum absolute atomic E-state index is 12.1. The zero-order valence-electron chi connectivity index (χ0n) is 11.5. The first-order valence-electron chi connectivity index (χ1n) is 6.43. The lowest BCUT2D eigenvalue weighted by molar-refractivity contribution is -0.119. The lowest BCUT2D eigenvalue weighted by Crippen LogP contribution is -2.33. The van der Waals surface area contributed by atoms with Crippen LogP contribution in [0, 0.1) is 17.8 Å². The van der Waals surface area contributed by atoms with Gasteiger partial charge in [0.15, 0.2) is 0 Å². The van der Waals surface area contributed by atoms with E-state index in [1.54, 1.807) is 0 Å². The maximum Gasteiger partial charge on any atom is 0.228 e. The molecular weight excluding hydrogens is 246 g/mol. The number of rotatable bonds is 5. The Balaban J connectivity index is 2.61. The SMILES string of the molecule is CC(C)C(C)C(Cl)C(C)C(=O)Nc1ccccc1. The van der Waals surface area contributed by atoms with Crippen molar-refractivity contribution < 1.29 is 4.79 Å². The number of carbonyl (C=O) groups is 1. The minimum atomic E-state index is -0.204. The fraction of sp³-hybridized carbons (Fsp3) is 0.533. The number of halogens is 1. The van der Waals surface area contributed by atoms with Crippen molar-refractivity contribution in [3.05, 3.63) is 30.3 Å². The molecule has 0 fully saturated rings. The lowest BCUT2D eigenvalue weighted by Gasteiger charge is -2.26. The topological polar surface area (TPSA) is 29.1 Å². The number of carbonyl (C=O) groups excluding carboxylic acids is 1. The molecule has 3 unspecified atom stereocenters. The van der Waals surface area contributed by atoms with Gasteiger partial charge in [0, 0.05) is 11.1 Å². The average molecular weight is 268 g/mol. The van der Waals surface area contributed by atoms with Crippen LogP contribution in [0.3, 0.4) is 0 Å². The van der Waals surface area contributed by atoms with Crippen LogP contribution in [-0.2, 0) is 4.79 Å². The smallest absolute Gasteiger partial charge is 0.228 e. The highest BCUT2D eigenvalue weighted by molar-refractivity contribution is 6.22. The standard InChI is InChI=1S/C15H22ClNO/c1-10(2)11(3)14(16)12(4)15(18)17-13-8-6-5-7-9-13/h5-12,14H,1-4H3,(H,17,18). The van der Waals surface area contributed by atoms with Crippen LogP contribution >= 0.6 is 11.6 Å². The van der Waals surface area contributed by atoms with Crippen LogP contribution < -0.4 is 5.32 Å². The van der Waals surface area contributed by atoms with Gasteiger partial charge in [-0.25, -0.2) is 0 Å². The van der Waals surface area contributed by atoms with Crippen LogP contribution in [-0.4, -0.2) is 11.3 Å². The molecule has 2 nitrogen and oxygen atoms in total. The van der Waals surface area contributed by atoms with Gasteiger partial charge < -0.3 is 5.32 Å². The average Bonchev–Trinajstić information content (AvgIpc) is 2.37. The zero-order valence-corrected chi connectivity index (χ0v) is 12.2. The van der Waals surface area contributed by atoms with E-state index in [9.17, 15) is 4.79 Å². The molecule has 3 heteroatoms. The van der Waals surface area contributed by atoms with E-state index in [1.807, 2.05) is 37.3 Å². The lowest BCUT2D eigenvalue weighted by atomic mass is 9.87. The summed E-state index contributed by atoms with van der Waals surface area (Å²) in [7, 11) is 0. The summed E-state index contributed by atoms with van der Waals surface area (Å²) < 4.78 is 0. The number of hydrogen-bond acceptors (Lipinski definition) is 1. The Hall–Kier alpha value is -1.02. The van der Waals surface area contributed by atoms with Crippen molar-refractivity contribution in [3.63, 3.8) is 0 Å². The van der Waals surface area contributed by atoms with Gasteiger partial charge in [-0.2, -0.15) is 0 Å². The van der Waals surface area contributed by atoms with E-state index in [2.05, 4.69) is 26.1 Å². The third-order valence-corrected chi connectivity index (χ3v) is 4.26. The van der Waals surface area contributed by atoms with Crippen LogP contribution in [0.2, 0.25) is 0 Å². The first-order valence-corrected chi connectivity index (χ1v) is 6.87. The molecule has 1 aromatic carbocycles. The van der Waals surface area contributed by atoms with Crippen molar-refractivity contribution in [2.75, 3.05) is 5.32 Å². The van der Waals surface area contributed by atoms with Gasteiger partial charge in [0.1, 0.15) is 0 Å². The Kier molecular flexibility index (Phi) is 5.67. The Labute approximate surface area is 115 Å². The Morgan fingerprint density at radius 2 is 1.67 bits per heavy atom. The van der Waals surface area contributed by atoms with Crippen LogP contribution in [0.15, 0.2) is 30.3 Å². The number of hydrogen-bond donors (Lipinski definition) is 1. The Morgan fingerprint density at radius 3 is 2.17 bits per heavy atom. The van der Waals surface area contributed by atoms with Crippen molar-refractivity contribution in [2.45, 2.75) is 33.1 Å². The molecule has 0 aliphatic rings. The highest BCUT2D eigenvalue weighted by atomic mass is 35.5. The van der Waals surface area contributed by atoms with Crippen LogP contribution in [0.25, 0.3) is 0 Å². The summed E-state index contributed by atoms with van der Waals surface area (Å²) in [6, 6.07) is 9.47. The van der Waals surface area contributed by atoms with E-state index in [0.717, 1.165) is 5.69 Å². The number of benzene rings is 1. The molecule has 100 valence electrons. The fourth-order valence-corrected chi connectivity index (χ4v) is 2.15. The quantitative estimate of drug-likeness (QED) is 0.798. The number of amides is 1. The predicted molar refractivity (Wildman–Crippen MR) is 77.9 cm³/mol. The molecule has 0 radical (unpaired) electrons. The van der Waals surface area contributed by atoms with E-state index >= 15 is 0 Å².